The van der Waals surface area contributed by atoms with Crippen molar-refractivity contribution in [3.63, 3.8) is 0 Å². The number of rotatable bonds is 6. The van der Waals surface area contributed by atoms with Gasteiger partial charge in [0.1, 0.15) is 12.3 Å². The molecule has 7 nitrogen and oxygen atoms in total. The van der Waals surface area contributed by atoms with Crippen LogP contribution in [0.3, 0.4) is 0 Å². The second-order valence-corrected chi connectivity index (χ2v) is 10.5. The largest absolute Gasteiger partial charge is 0.510 e. The number of β-lactam (4-membered cyclic amide) rings is 1. The average molecular weight is 495 g/mol. The van der Waals surface area contributed by atoms with Crippen LogP contribution < -0.4 is 0 Å². The minimum Gasteiger partial charge on any atom is -0.461 e. The van der Waals surface area contributed by atoms with Crippen LogP contribution in [0.25, 0.3) is 0 Å². The molecule has 1 amide bonds. The number of carbonyl (C=O) groups excluding carboxylic acids is 3. The van der Waals surface area contributed by atoms with Gasteiger partial charge in [0.15, 0.2) is 0 Å². The standard InChI is InChI=1S/C16H19Cl4NO6S/c1-7(2)4-25-13(23)10-9(6-28-12-8(3)11(22)21(10)12)5-26-15(24)27-14(17)16(18,19)20/h7-8,12,14H,4-6H2,1-3H3/t8-,12-,14?/m1/s1. The maximum absolute atomic E-state index is 12.6. The lowest BCUT2D eigenvalue weighted by molar-refractivity contribution is -0.154. The van der Waals surface area contributed by atoms with Crippen LogP contribution in [0.5, 0.6) is 0 Å². The van der Waals surface area contributed by atoms with E-state index in [0.717, 1.165) is 0 Å². The Morgan fingerprint density at radius 1 is 1.29 bits per heavy atom. The number of esters is 1. The third-order valence-electron chi connectivity index (χ3n) is 3.88. The lowest BCUT2D eigenvalue weighted by Crippen LogP contribution is -2.60. The Balaban J connectivity index is 2.11. The molecule has 0 bridgehead atoms. The summed E-state index contributed by atoms with van der Waals surface area (Å²) in [6, 6.07) is 0. The van der Waals surface area contributed by atoms with Gasteiger partial charge >= 0.3 is 12.1 Å². The molecule has 0 radical (unpaired) electrons. The van der Waals surface area contributed by atoms with Gasteiger partial charge in [0.2, 0.25) is 15.3 Å². The highest BCUT2D eigenvalue weighted by molar-refractivity contribution is 8.00. The molecule has 1 fully saturated rings. The van der Waals surface area contributed by atoms with Crippen LogP contribution in [-0.4, -0.2) is 56.6 Å². The lowest BCUT2D eigenvalue weighted by atomic mass is 9.98. The van der Waals surface area contributed by atoms with E-state index >= 15 is 0 Å². The highest BCUT2D eigenvalue weighted by Crippen LogP contribution is 2.43. The predicted octanol–water partition coefficient (Wildman–Crippen LogP) is 4.08. The number of ether oxygens (including phenoxy) is 3. The molecule has 0 aromatic rings. The van der Waals surface area contributed by atoms with Gasteiger partial charge in [-0.25, -0.2) is 9.59 Å². The molecule has 158 valence electrons. The molecule has 2 aliphatic heterocycles. The first-order chi connectivity index (χ1) is 12.9. The molecule has 0 saturated carbocycles. The smallest absolute Gasteiger partial charge is 0.461 e. The van der Waals surface area contributed by atoms with Crippen molar-refractivity contribution in [3.05, 3.63) is 11.3 Å². The van der Waals surface area contributed by atoms with Gasteiger partial charge in [0, 0.05) is 11.3 Å². The Kier molecular flexibility index (Phi) is 8.06. The molecule has 2 heterocycles. The van der Waals surface area contributed by atoms with Crippen LogP contribution in [-0.2, 0) is 23.8 Å². The van der Waals surface area contributed by atoms with E-state index in [1.54, 1.807) is 6.92 Å². The van der Waals surface area contributed by atoms with E-state index in [0.29, 0.717) is 11.3 Å². The number of nitrogens with zero attached hydrogens (tertiary/aromatic N) is 1. The van der Waals surface area contributed by atoms with Gasteiger partial charge < -0.3 is 14.2 Å². The van der Waals surface area contributed by atoms with Crippen LogP contribution in [0, 0.1) is 11.8 Å². The first-order valence-electron chi connectivity index (χ1n) is 8.31. The summed E-state index contributed by atoms with van der Waals surface area (Å²) in [5.41, 5.74) is -1.03. The first-order valence-corrected chi connectivity index (χ1v) is 10.9. The van der Waals surface area contributed by atoms with Gasteiger partial charge in [0.05, 0.1) is 17.9 Å². The predicted molar refractivity (Wildman–Crippen MR) is 107 cm³/mol. The summed E-state index contributed by atoms with van der Waals surface area (Å²) in [7, 11) is 0. The van der Waals surface area contributed by atoms with Crippen molar-refractivity contribution in [3.8, 4) is 0 Å². The molecule has 0 aromatic heterocycles. The van der Waals surface area contributed by atoms with Gasteiger partial charge in [-0.2, -0.15) is 0 Å². The molecule has 12 heteroatoms. The Labute approximate surface area is 186 Å². The van der Waals surface area contributed by atoms with Crippen LogP contribution in [0.4, 0.5) is 4.79 Å². The van der Waals surface area contributed by atoms with Crippen LogP contribution >= 0.6 is 58.2 Å². The lowest BCUT2D eigenvalue weighted by Gasteiger charge is -2.48. The van der Waals surface area contributed by atoms with Crippen molar-refractivity contribution in [2.75, 3.05) is 19.0 Å². The van der Waals surface area contributed by atoms with Crippen molar-refractivity contribution in [2.24, 2.45) is 11.8 Å². The van der Waals surface area contributed by atoms with E-state index < -0.39 is 21.5 Å². The molecule has 2 rings (SSSR count). The number of halogens is 4. The van der Waals surface area contributed by atoms with Crippen LogP contribution in [0.2, 0.25) is 0 Å². The molecule has 0 spiro atoms. The van der Waals surface area contributed by atoms with E-state index in [-0.39, 0.29) is 42.0 Å². The number of amides is 1. The van der Waals surface area contributed by atoms with Gasteiger partial charge in [-0.3, -0.25) is 9.69 Å². The molecule has 0 aromatic carbocycles. The summed E-state index contributed by atoms with van der Waals surface area (Å²) in [6.45, 7) is 5.48. The topological polar surface area (TPSA) is 82.1 Å². The Bertz CT molecular complexity index is 681. The zero-order valence-corrected chi connectivity index (χ0v) is 19.1. The number of alkyl halides is 4. The highest BCUT2D eigenvalue weighted by atomic mass is 35.6. The summed E-state index contributed by atoms with van der Waals surface area (Å²) in [5, 5.41) is -0.151. The third kappa shape index (κ3) is 5.53. The SMILES string of the molecule is CC(C)COC(=O)C1=C(COC(=O)OC(Cl)C(Cl)(Cl)Cl)CS[C@@H]2[C@H](C)C(=O)N12. The molecule has 28 heavy (non-hydrogen) atoms. The second-order valence-electron chi connectivity index (χ2n) is 6.66. The maximum atomic E-state index is 12.6. The fraction of sp³-hybridized carbons (Fsp3) is 0.688. The molecule has 3 atom stereocenters. The maximum Gasteiger partial charge on any atom is 0.510 e. The summed E-state index contributed by atoms with van der Waals surface area (Å²) < 4.78 is 12.9. The minimum atomic E-state index is -2.03. The fourth-order valence-electron chi connectivity index (χ4n) is 2.48. The number of thioether (sulfide) groups is 1. The Hall–Kier alpha value is -0.540. The average Bonchev–Trinajstić information content (AvgIpc) is 2.61. The Morgan fingerprint density at radius 2 is 1.93 bits per heavy atom. The summed E-state index contributed by atoms with van der Waals surface area (Å²) in [4.78, 5) is 38.0. The first kappa shape index (κ1) is 23.7. The number of carbonyl (C=O) groups is 3. The van der Waals surface area contributed by atoms with Gasteiger partial charge in [-0.05, 0) is 5.92 Å². The summed E-state index contributed by atoms with van der Waals surface area (Å²) >= 11 is 23.7. The summed E-state index contributed by atoms with van der Waals surface area (Å²) in [5.74, 6) is -0.519. The van der Waals surface area contributed by atoms with E-state index in [2.05, 4.69) is 4.74 Å². The van der Waals surface area contributed by atoms with Crippen LogP contribution in [0.1, 0.15) is 20.8 Å². The monoisotopic (exact) mass is 493 g/mol. The van der Waals surface area contributed by atoms with E-state index in [4.69, 9.17) is 55.9 Å². The highest BCUT2D eigenvalue weighted by Gasteiger charge is 2.51. The number of hydrogen-bond acceptors (Lipinski definition) is 7. The molecular formula is C16H19Cl4NO6S. The number of fused-ring (bicyclic) bond motifs is 1. The zero-order valence-electron chi connectivity index (χ0n) is 15.2. The van der Waals surface area contributed by atoms with Crippen LogP contribution in [0.15, 0.2) is 11.3 Å². The molecule has 2 aliphatic rings. The van der Waals surface area contributed by atoms with Crippen molar-refractivity contribution < 1.29 is 28.6 Å². The van der Waals surface area contributed by atoms with Crippen molar-refractivity contribution >= 4 is 76.2 Å². The second kappa shape index (κ2) is 9.51. The van der Waals surface area contributed by atoms with Gasteiger partial charge in [-0.15, -0.1) is 11.8 Å². The normalized spacial score (nSPS) is 23.1. The summed E-state index contributed by atoms with van der Waals surface area (Å²) in [6.07, 6.45) is -1.18. The molecule has 1 unspecified atom stereocenters. The van der Waals surface area contributed by atoms with Crippen molar-refractivity contribution in [2.45, 2.75) is 35.5 Å². The van der Waals surface area contributed by atoms with E-state index in [1.807, 2.05) is 13.8 Å². The minimum absolute atomic E-state index is 0.101. The quantitative estimate of drug-likeness (QED) is 0.312. The fourth-order valence-corrected chi connectivity index (χ4v) is 4.05. The van der Waals surface area contributed by atoms with E-state index in [1.165, 1.54) is 16.7 Å². The third-order valence-corrected chi connectivity index (χ3v) is 6.70. The van der Waals surface area contributed by atoms with Crippen molar-refractivity contribution in [1.29, 1.82) is 0 Å². The Morgan fingerprint density at radius 3 is 2.50 bits per heavy atom. The zero-order chi connectivity index (χ0) is 21.2. The molecule has 0 N–H and O–H groups in total. The molecule has 1 saturated heterocycles. The van der Waals surface area contributed by atoms with E-state index in [9.17, 15) is 14.4 Å². The van der Waals surface area contributed by atoms with Crippen molar-refractivity contribution in [1.82, 2.24) is 4.90 Å². The van der Waals surface area contributed by atoms with Gasteiger partial charge in [-0.1, -0.05) is 67.2 Å². The molecular weight excluding hydrogens is 476 g/mol. The van der Waals surface area contributed by atoms with Gasteiger partial charge in [0.25, 0.3) is 0 Å². The molecule has 0 aliphatic carbocycles. The number of hydrogen-bond donors (Lipinski definition) is 0.